The molecule has 1 aromatic carbocycles. The Morgan fingerprint density at radius 1 is 1.50 bits per heavy atom. The molecule has 1 aromatic rings. The molecule has 4 N–H and O–H groups in total. The molecule has 20 heavy (non-hydrogen) atoms. The molecule has 1 aliphatic rings. The van der Waals surface area contributed by atoms with Crippen molar-refractivity contribution in [3.05, 3.63) is 43.3 Å². The van der Waals surface area contributed by atoms with Crippen molar-refractivity contribution in [3.8, 4) is 0 Å². The average molecular weight is 446 g/mol. The number of amidine groups is 1. The molecular formula is C13H18N4O2W. The first-order chi connectivity index (χ1) is 9.15. The summed E-state index contributed by atoms with van der Waals surface area (Å²) in [4.78, 5) is 14.5. The summed E-state index contributed by atoms with van der Waals surface area (Å²) < 4.78 is 4.62. The van der Waals surface area contributed by atoms with E-state index in [9.17, 15) is 4.79 Å². The Balaban J connectivity index is 0.000000434. The zero-order valence-corrected chi connectivity index (χ0v) is 14.2. The maximum Gasteiger partial charge on any atom is 2.00 e. The Hall–Kier alpha value is -1.68. The number of hydrogen-bond acceptors (Lipinski definition) is 4. The number of ether oxygens (including phenoxy) is 1. The van der Waals surface area contributed by atoms with Crippen LogP contribution in [0.25, 0.3) is 0 Å². The van der Waals surface area contributed by atoms with Crippen molar-refractivity contribution >= 4 is 17.7 Å². The SMILES string of the molecule is NC1=N[CH-]CO1.[CH2-]Cc1ccc(NC(=O)NC)cc1.[W+2]. The third-order valence-corrected chi connectivity index (χ3v) is 2.25. The van der Waals surface area contributed by atoms with Crippen molar-refractivity contribution in [3.63, 3.8) is 0 Å². The van der Waals surface area contributed by atoms with Gasteiger partial charge in [0.2, 0.25) is 0 Å². The average Bonchev–Trinajstić information content (AvgIpc) is 2.91. The molecule has 108 valence electrons. The van der Waals surface area contributed by atoms with Crippen molar-refractivity contribution < 1.29 is 30.6 Å². The largest absolute Gasteiger partial charge is 2.00 e. The summed E-state index contributed by atoms with van der Waals surface area (Å²) in [6, 6.07) is 7.67. The molecule has 0 saturated heterocycles. The van der Waals surface area contributed by atoms with Gasteiger partial charge < -0.3 is 33.0 Å². The number of anilines is 1. The Kier molecular flexibility index (Phi) is 9.29. The van der Waals surface area contributed by atoms with Gasteiger partial charge in [0.15, 0.2) is 0 Å². The molecule has 2 rings (SSSR count). The van der Waals surface area contributed by atoms with Gasteiger partial charge in [-0.15, -0.1) is 6.54 Å². The Morgan fingerprint density at radius 2 is 2.15 bits per heavy atom. The molecule has 6 nitrogen and oxygen atoms in total. The van der Waals surface area contributed by atoms with Crippen LogP contribution in [0.1, 0.15) is 5.56 Å². The van der Waals surface area contributed by atoms with Crippen molar-refractivity contribution in [2.24, 2.45) is 10.7 Å². The fourth-order valence-electron chi connectivity index (χ4n) is 1.24. The molecular weight excluding hydrogens is 428 g/mol. The number of amides is 2. The van der Waals surface area contributed by atoms with Crippen LogP contribution in [-0.4, -0.2) is 25.7 Å². The number of nitrogens with zero attached hydrogens (tertiary/aromatic N) is 1. The normalized spacial score (nSPS) is 11.6. The molecule has 7 heteroatoms. The topological polar surface area (TPSA) is 88.7 Å². The van der Waals surface area contributed by atoms with E-state index >= 15 is 0 Å². The monoisotopic (exact) mass is 446 g/mol. The van der Waals surface area contributed by atoms with E-state index in [1.54, 1.807) is 13.6 Å². The Bertz CT molecular complexity index is 435. The summed E-state index contributed by atoms with van der Waals surface area (Å²) in [6.45, 7) is 5.92. The molecule has 0 bridgehead atoms. The standard InChI is InChI=1S/C10H13N2O.C3H5N2O.W/c1-3-8-4-6-9(7-5-8)12-10(13)11-2;4-3-5-1-2-6-3;/h4-7H,1,3H2,2H3,(H2,11,12,13);1H,2H2,(H2,4,5);/q2*-1;+2. The number of aliphatic imine (C=N–C) groups is 1. The second-order valence-corrected chi connectivity index (χ2v) is 3.61. The van der Waals surface area contributed by atoms with E-state index in [4.69, 9.17) is 5.73 Å². The zero-order chi connectivity index (χ0) is 14.1. The van der Waals surface area contributed by atoms with Gasteiger partial charge in [0.25, 0.3) is 0 Å². The number of hydrogen-bond donors (Lipinski definition) is 3. The molecule has 2 amide bonds. The molecule has 0 atom stereocenters. The predicted octanol–water partition coefficient (Wildman–Crippen LogP) is 1.31. The van der Waals surface area contributed by atoms with Gasteiger partial charge >= 0.3 is 27.1 Å². The van der Waals surface area contributed by atoms with Gasteiger partial charge in [-0.3, -0.25) is 0 Å². The van der Waals surface area contributed by atoms with Crippen LogP contribution in [0.2, 0.25) is 0 Å². The number of urea groups is 1. The molecule has 0 aromatic heterocycles. The molecule has 0 spiro atoms. The Labute approximate surface area is 133 Å². The summed E-state index contributed by atoms with van der Waals surface area (Å²) in [5.74, 6) is 0. The third-order valence-electron chi connectivity index (χ3n) is 2.25. The van der Waals surface area contributed by atoms with Gasteiger partial charge in [-0.05, 0) is 12.1 Å². The minimum Gasteiger partial charge on any atom is -0.562 e. The summed E-state index contributed by atoms with van der Waals surface area (Å²) in [6.07, 6.45) is 0.764. The molecule has 1 aliphatic heterocycles. The van der Waals surface area contributed by atoms with Gasteiger partial charge in [0, 0.05) is 19.3 Å². The van der Waals surface area contributed by atoms with Gasteiger partial charge in [0.05, 0.1) is 0 Å². The number of nitrogens with one attached hydrogen (secondary N) is 2. The van der Waals surface area contributed by atoms with Gasteiger partial charge in [0.1, 0.15) is 6.02 Å². The molecule has 0 radical (unpaired) electrons. The van der Waals surface area contributed by atoms with Crippen molar-refractivity contribution in [2.45, 2.75) is 6.42 Å². The van der Waals surface area contributed by atoms with Crippen LogP contribution < -0.4 is 16.4 Å². The van der Waals surface area contributed by atoms with Crippen LogP contribution in [0.5, 0.6) is 0 Å². The van der Waals surface area contributed by atoms with Gasteiger partial charge in [-0.2, -0.15) is 6.42 Å². The van der Waals surface area contributed by atoms with E-state index < -0.39 is 0 Å². The predicted molar refractivity (Wildman–Crippen MR) is 75.5 cm³/mol. The molecule has 0 fully saturated rings. The number of nitrogens with two attached hydrogens (primary N) is 1. The van der Waals surface area contributed by atoms with Crippen LogP contribution >= 0.6 is 0 Å². The zero-order valence-electron chi connectivity index (χ0n) is 11.3. The van der Waals surface area contributed by atoms with E-state index in [0.717, 1.165) is 17.7 Å². The summed E-state index contributed by atoms with van der Waals surface area (Å²) in [5, 5.41) is 5.15. The van der Waals surface area contributed by atoms with Crippen molar-refractivity contribution in [1.82, 2.24) is 5.32 Å². The van der Waals surface area contributed by atoms with E-state index in [2.05, 4.69) is 27.3 Å². The second kappa shape index (κ2) is 10.1. The van der Waals surface area contributed by atoms with Gasteiger partial charge in [-0.25, -0.2) is 4.79 Å². The maximum atomic E-state index is 10.9. The molecule has 0 saturated carbocycles. The van der Waals surface area contributed by atoms with Crippen LogP contribution in [0.3, 0.4) is 0 Å². The van der Waals surface area contributed by atoms with Crippen molar-refractivity contribution in [1.29, 1.82) is 0 Å². The van der Waals surface area contributed by atoms with E-state index in [1.807, 2.05) is 24.3 Å². The maximum absolute atomic E-state index is 10.9. The first kappa shape index (κ1) is 18.3. The summed E-state index contributed by atoms with van der Waals surface area (Å²) in [5.41, 5.74) is 6.97. The number of rotatable bonds is 2. The fraction of sp³-hybridized carbons (Fsp3) is 0.231. The first-order valence-corrected chi connectivity index (χ1v) is 5.80. The summed E-state index contributed by atoms with van der Waals surface area (Å²) in [7, 11) is 1.58. The van der Waals surface area contributed by atoms with Crippen LogP contribution in [0.15, 0.2) is 29.3 Å². The first-order valence-electron chi connectivity index (χ1n) is 5.80. The third kappa shape index (κ3) is 7.04. The van der Waals surface area contributed by atoms with Crippen molar-refractivity contribution in [2.75, 3.05) is 19.0 Å². The number of benzene rings is 1. The van der Waals surface area contributed by atoms with Crippen LogP contribution in [0, 0.1) is 13.5 Å². The second-order valence-electron chi connectivity index (χ2n) is 3.61. The fourth-order valence-corrected chi connectivity index (χ4v) is 1.24. The number of carbonyl (C=O) groups excluding carboxylic acids is 1. The summed E-state index contributed by atoms with van der Waals surface area (Å²) >= 11 is 0. The van der Waals surface area contributed by atoms with Gasteiger partial charge in [-0.1, -0.05) is 17.7 Å². The Morgan fingerprint density at radius 3 is 2.50 bits per heavy atom. The smallest absolute Gasteiger partial charge is 0.562 e. The van der Waals surface area contributed by atoms with Crippen LogP contribution in [-0.2, 0) is 32.2 Å². The van der Waals surface area contributed by atoms with E-state index in [0.29, 0.717) is 6.61 Å². The molecule has 1 heterocycles. The molecule has 0 aliphatic carbocycles. The quantitative estimate of drug-likeness (QED) is 0.599. The minimum atomic E-state index is -0.206. The van der Waals surface area contributed by atoms with Crippen LogP contribution in [0.4, 0.5) is 10.5 Å². The molecule has 0 unspecified atom stereocenters. The number of carbonyl (C=O) groups is 1. The van der Waals surface area contributed by atoms with E-state index in [1.165, 1.54) is 0 Å². The van der Waals surface area contributed by atoms with E-state index in [-0.39, 0.29) is 33.1 Å². The minimum absolute atomic E-state index is 0.